The van der Waals surface area contributed by atoms with Gasteiger partial charge in [0.1, 0.15) is 6.07 Å². The van der Waals surface area contributed by atoms with Crippen molar-refractivity contribution in [1.29, 1.82) is 5.26 Å². The number of hydrogen-bond acceptors (Lipinski definition) is 4. The van der Waals surface area contributed by atoms with Crippen LogP contribution in [0.5, 0.6) is 0 Å². The minimum absolute atomic E-state index is 0.0665. The van der Waals surface area contributed by atoms with Gasteiger partial charge in [-0.1, -0.05) is 11.6 Å². The molecule has 7 heteroatoms. The van der Waals surface area contributed by atoms with Gasteiger partial charge < -0.3 is 4.74 Å². The van der Waals surface area contributed by atoms with Crippen LogP contribution in [0.15, 0.2) is 23.1 Å². The number of nitrogens with zero attached hydrogens (tertiary/aromatic N) is 2. The molecule has 1 fully saturated rings. The summed E-state index contributed by atoms with van der Waals surface area (Å²) in [5, 5.41) is 8.96. The highest BCUT2D eigenvalue weighted by Gasteiger charge is 2.29. The summed E-state index contributed by atoms with van der Waals surface area (Å²) in [5.41, 5.74) is 0.263. The highest BCUT2D eigenvalue weighted by molar-refractivity contribution is 7.89. The third kappa shape index (κ3) is 2.96. The summed E-state index contributed by atoms with van der Waals surface area (Å²) >= 11 is 5.90. The van der Waals surface area contributed by atoms with Crippen molar-refractivity contribution in [3.63, 3.8) is 0 Å². The molecule has 0 aliphatic carbocycles. The van der Waals surface area contributed by atoms with Crippen LogP contribution in [0.4, 0.5) is 0 Å². The van der Waals surface area contributed by atoms with Crippen molar-refractivity contribution in [2.75, 3.05) is 20.3 Å². The Morgan fingerprint density at radius 2 is 2.05 bits per heavy atom. The number of hydrogen-bond donors (Lipinski definition) is 0. The summed E-state index contributed by atoms with van der Waals surface area (Å²) in [7, 11) is -2.04. The molecule has 0 bridgehead atoms. The number of benzene rings is 1. The van der Waals surface area contributed by atoms with Crippen LogP contribution in [-0.2, 0) is 14.8 Å². The fraction of sp³-hybridized carbons (Fsp3) is 0.462. The molecule has 0 spiro atoms. The standard InChI is InChI=1S/C13H15ClN2O3S/c1-16(11-4-6-19-7-5-11)20(17,18)12-3-2-10(9-15)13(14)8-12/h2-3,8,11H,4-7H2,1H3. The zero-order chi connectivity index (χ0) is 14.8. The van der Waals surface area contributed by atoms with Crippen LogP contribution in [-0.4, -0.2) is 39.0 Å². The van der Waals surface area contributed by atoms with E-state index < -0.39 is 10.0 Å². The van der Waals surface area contributed by atoms with E-state index in [9.17, 15) is 8.42 Å². The average Bonchev–Trinajstić information content (AvgIpc) is 2.47. The fourth-order valence-electron chi connectivity index (χ4n) is 2.16. The Morgan fingerprint density at radius 1 is 1.40 bits per heavy atom. The van der Waals surface area contributed by atoms with Crippen LogP contribution in [0.1, 0.15) is 18.4 Å². The van der Waals surface area contributed by atoms with E-state index in [1.54, 1.807) is 7.05 Å². The monoisotopic (exact) mass is 314 g/mol. The third-order valence-corrected chi connectivity index (χ3v) is 5.66. The van der Waals surface area contributed by atoms with Crippen molar-refractivity contribution >= 4 is 21.6 Å². The van der Waals surface area contributed by atoms with Crippen LogP contribution in [0, 0.1) is 11.3 Å². The van der Waals surface area contributed by atoms with Crippen molar-refractivity contribution in [2.24, 2.45) is 0 Å². The van der Waals surface area contributed by atoms with Crippen LogP contribution >= 0.6 is 11.6 Å². The van der Waals surface area contributed by atoms with E-state index in [-0.39, 0.29) is 21.5 Å². The Kier molecular flexibility index (Phi) is 4.66. The lowest BCUT2D eigenvalue weighted by Gasteiger charge is -2.30. The van der Waals surface area contributed by atoms with E-state index in [1.807, 2.05) is 6.07 Å². The number of sulfonamides is 1. The van der Waals surface area contributed by atoms with E-state index in [0.717, 1.165) is 0 Å². The molecule has 1 heterocycles. The molecule has 0 atom stereocenters. The van der Waals surface area contributed by atoms with Gasteiger partial charge in [0.15, 0.2) is 0 Å². The van der Waals surface area contributed by atoms with Gasteiger partial charge in [-0.25, -0.2) is 8.42 Å². The van der Waals surface area contributed by atoms with Gasteiger partial charge in [0, 0.05) is 26.3 Å². The van der Waals surface area contributed by atoms with Gasteiger partial charge in [0.2, 0.25) is 10.0 Å². The summed E-state index contributed by atoms with van der Waals surface area (Å²) in [6, 6.07) is 6.00. The van der Waals surface area contributed by atoms with E-state index in [2.05, 4.69) is 0 Å². The predicted molar refractivity (Wildman–Crippen MR) is 75.0 cm³/mol. The zero-order valence-corrected chi connectivity index (χ0v) is 12.6. The van der Waals surface area contributed by atoms with Gasteiger partial charge in [-0.15, -0.1) is 0 Å². The Balaban J connectivity index is 2.30. The highest BCUT2D eigenvalue weighted by atomic mass is 35.5. The van der Waals surface area contributed by atoms with E-state index in [1.165, 1.54) is 22.5 Å². The first-order valence-corrected chi connectivity index (χ1v) is 8.04. The molecular weight excluding hydrogens is 300 g/mol. The minimum atomic E-state index is -3.60. The fourth-order valence-corrected chi connectivity index (χ4v) is 3.89. The number of rotatable bonds is 3. The molecule has 0 N–H and O–H groups in total. The highest BCUT2D eigenvalue weighted by Crippen LogP contribution is 2.25. The van der Waals surface area contributed by atoms with Crippen molar-refractivity contribution in [3.05, 3.63) is 28.8 Å². The molecule has 0 amide bonds. The van der Waals surface area contributed by atoms with Gasteiger partial charge in [0.25, 0.3) is 0 Å². The molecule has 0 unspecified atom stereocenters. The maximum Gasteiger partial charge on any atom is 0.243 e. The Bertz CT molecular complexity index is 634. The zero-order valence-electron chi connectivity index (χ0n) is 11.0. The minimum Gasteiger partial charge on any atom is -0.381 e. The van der Waals surface area contributed by atoms with Crippen molar-refractivity contribution in [2.45, 2.75) is 23.8 Å². The first kappa shape index (κ1) is 15.3. The molecule has 108 valence electrons. The molecular formula is C13H15ClN2O3S. The maximum atomic E-state index is 12.5. The van der Waals surface area contributed by atoms with Crippen molar-refractivity contribution < 1.29 is 13.2 Å². The summed E-state index contributed by atoms with van der Waals surface area (Å²) in [6.07, 6.45) is 1.36. The Morgan fingerprint density at radius 3 is 2.60 bits per heavy atom. The molecule has 1 aromatic rings. The predicted octanol–water partition coefficient (Wildman–Crippen LogP) is 2.01. The molecule has 0 radical (unpaired) electrons. The Labute approximate surface area is 123 Å². The van der Waals surface area contributed by atoms with E-state index >= 15 is 0 Å². The number of halogens is 1. The van der Waals surface area contributed by atoms with Gasteiger partial charge in [-0.05, 0) is 31.0 Å². The second-order valence-corrected chi connectivity index (χ2v) is 7.02. The lowest BCUT2D eigenvalue weighted by molar-refractivity contribution is 0.0632. The number of ether oxygens (including phenoxy) is 1. The first-order valence-electron chi connectivity index (χ1n) is 6.22. The molecule has 1 aliphatic heterocycles. The second-order valence-electron chi connectivity index (χ2n) is 4.62. The molecule has 1 aromatic carbocycles. The molecule has 20 heavy (non-hydrogen) atoms. The van der Waals surface area contributed by atoms with Gasteiger partial charge in [-0.3, -0.25) is 0 Å². The normalized spacial score (nSPS) is 17.1. The maximum absolute atomic E-state index is 12.5. The van der Waals surface area contributed by atoms with Gasteiger partial charge in [0.05, 0.1) is 15.5 Å². The molecule has 0 saturated carbocycles. The summed E-state index contributed by atoms with van der Waals surface area (Å²) in [6.45, 7) is 1.14. The topological polar surface area (TPSA) is 70.4 Å². The van der Waals surface area contributed by atoms with Crippen molar-refractivity contribution in [1.82, 2.24) is 4.31 Å². The van der Waals surface area contributed by atoms with Gasteiger partial charge >= 0.3 is 0 Å². The van der Waals surface area contributed by atoms with Crippen LogP contribution in [0.25, 0.3) is 0 Å². The lowest BCUT2D eigenvalue weighted by atomic mass is 10.1. The molecule has 2 rings (SSSR count). The average molecular weight is 315 g/mol. The SMILES string of the molecule is CN(C1CCOCC1)S(=O)(=O)c1ccc(C#N)c(Cl)c1. The van der Waals surface area contributed by atoms with Crippen LogP contribution < -0.4 is 0 Å². The van der Waals surface area contributed by atoms with E-state index in [4.69, 9.17) is 21.6 Å². The summed E-state index contributed by atoms with van der Waals surface area (Å²) < 4.78 is 31.7. The quantitative estimate of drug-likeness (QED) is 0.855. The molecule has 1 saturated heterocycles. The van der Waals surface area contributed by atoms with Crippen molar-refractivity contribution in [3.8, 4) is 6.07 Å². The third-order valence-electron chi connectivity index (χ3n) is 3.44. The summed E-state index contributed by atoms with van der Waals surface area (Å²) in [5.74, 6) is 0. The van der Waals surface area contributed by atoms with Crippen LogP contribution in [0.3, 0.4) is 0 Å². The lowest BCUT2D eigenvalue weighted by Crippen LogP contribution is -2.40. The number of nitriles is 1. The molecule has 0 aromatic heterocycles. The Hall–Kier alpha value is -1.13. The molecule has 5 nitrogen and oxygen atoms in total. The summed E-state index contributed by atoms with van der Waals surface area (Å²) in [4.78, 5) is 0.107. The van der Waals surface area contributed by atoms with Gasteiger partial charge in [-0.2, -0.15) is 9.57 Å². The smallest absolute Gasteiger partial charge is 0.243 e. The molecule has 1 aliphatic rings. The van der Waals surface area contributed by atoms with Crippen LogP contribution in [0.2, 0.25) is 5.02 Å². The second kappa shape index (κ2) is 6.10. The first-order chi connectivity index (χ1) is 9.46. The largest absolute Gasteiger partial charge is 0.381 e. The van der Waals surface area contributed by atoms with E-state index in [0.29, 0.717) is 26.1 Å².